The van der Waals surface area contributed by atoms with Crippen LogP contribution in [-0.4, -0.2) is 62.0 Å². The van der Waals surface area contributed by atoms with Crippen molar-refractivity contribution in [3.63, 3.8) is 0 Å². The summed E-state index contributed by atoms with van der Waals surface area (Å²) in [7, 11) is 3.27. The predicted octanol–water partition coefficient (Wildman–Crippen LogP) is 5.50. The summed E-state index contributed by atoms with van der Waals surface area (Å²) in [5.41, 5.74) is 1.97. The second-order valence-corrected chi connectivity index (χ2v) is 10.5. The number of carbonyl (C=O) groups is 1. The van der Waals surface area contributed by atoms with Gasteiger partial charge in [0.15, 0.2) is 0 Å². The molecule has 3 aromatic rings. The van der Waals surface area contributed by atoms with Crippen LogP contribution in [-0.2, 0) is 17.8 Å². The third kappa shape index (κ3) is 7.52. The number of benzene rings is 2. The molecule has 9 heteroatoms. The molecule has 0 N–H and O–H groups in total. The van der Waals surface area contributed by atoms with Crippen LogP contribution in [0.25, 0.3) is 0 Å². The van der Waals surface area contributed by atoms with Gasteiger partial charge >= 0.3 is 6.09 Å². The molecule has 0 saturated carbocycles. The molecule has 1 saturated heterocycles. The van der Waals surface area contributed by atoms with Gasteiger partial charge in [-0.1, -0.05) is 24.3 Å². The lowest BCUT2D eigenvalue weighted by Crippen LogP contribution is -2.50. The van der Waals surface area contributed by atoms with Gasteiger partial charge in [-0.05, 0) is 68.3 Å². The van der Waals surface area contributed by atoms with Gasteiger partial charge in [-0.2, -0.15) is 4.39 Å². The fourth-order valence-electron chi connectivity index (χ4n) is 4.41. The number of anilines is 2. The molecule has 1 amide bonds. The molecule has 1 aliphatic rings. The summed E-state index contributed by atoms with van der Waals surface area (Å²) in [6.07, 6.45) is -0.344. The molecule has 0 atom stereocenters. The fraction of sp³-hybridized carbons (Fsp3) is 0.400. The number of amides is 1. The summed E-state index contributed by atoms with van der Waals surface area (Å²) >= 11 is 0. The largest absolute Gasteiger partial charge is 0.497 e. The van der Waals surface area contributed by atoms with Crippen LogP contribution in [0.2, 0.25) is 0 Å². The Balaban J connectivity index is 1.50. The van der Waals surface area contributed by atoms with E-state index in [9.17, 15) is 4.79 Å². The lowest BCUT2D eigenvalue weighted by molar-refractivity contribution is 0.0240. The monoisotopic (exact) mass is 536 g/mol. The fourth-order valence-corrected chi connectivity index (χ4v) is 4.41. The Morgan fingerprint density at radius 2 is 1.36 bits per heavy atom. The van der Waals surface area contributed by atoms with Crippen molar-refractivity contribution in [3.05, 3.63) is 77.7 Å². The molecule has 0 radical (unpaired) electrons. The number of piperazine rings is 1. The second kappa shape index (κ2) is 12.2. The highest BCUT2D eigenvalue weighted by Crippen LogP contribution is 2.26. The highest BCUT2D eigenvalue weighted by Gasteiger charge is 2.27. The number of nitrogens with zero attached hydrogens (tertiary/aromatic N) is 4. The average molecular weight is 537 g/mol. The first-order chi connectivity index (χ1) is 18.6. The van der Waals surface area contributed by atoms with Gasteiger partial charge in [-0.3, -0.25) is 0 Å². The maximum atomic E-state index is 15.4. The SMILES string of the molecule is COc1ccc(CN(Cc2ccc(OC)cc2)c2ccc(N3CCN(C(=O)OC(C)(C)C)CC3)c(F)n2)cc1. The Bertz CT molecular complexity index is 1190. The first-order valence-electron chi connectivity index (χ1n) is 13.1. The van der Waals surface area contributed by atoms with Crippen molar-refractivity contribution in [2.45, 2.75) is 39.5 Å². The molecule has 4 rings (SSSR count). The minimum Gasteiger partial charge on any atom is -0.497 e. The van der Waals surface area contributed by atoms with E-state index < -0.39 is 11.5 Å². The molecule has 0 bridgehead atoms. The quantitative estimate of drug-likeness (QED) is 0.352. The number of carbonyl (C=O) groups excluding carboxylic acids is 1. The molecule has 208 valence electrons. The van der Waals surface area contributed by atoms with Crippen molar-refractivity contribution >= 4 is 17.6 Å². The first kappa shape index (κ1) is 28.0. The second-order valence-electron chi connectivity index (χ2n) is 10.5. The Kier molecular flexibility index (Phi) is 8.79. The number of hydrogen-bond acceptors (Lipinski definition) is 7. The van der Waals surface area contributed by atoms with Crippen molar-refractivity contribution in [1.82, 2.24) is 9.88 Å². The number of hydrogen-bond donors (Lipinski definition) is 0. The lowest BCUT2D eigenvalue weighted by Gasteiger charge is -2.36. The van der Waals surface area contributed by atoms with Crippen LogP contribution >= 0.6 is 0 Å². The number of ether oxygens (including phenoxy) is 3. The molecule has 2 heterocycles. The summed E-state index contributed by atoms with van der Waals surface area (Å²) in [6, 6.07) is 19.3. The lowest BCUT2D eigenvalue weighted by atomic mass is 10.1. The first-order valence-corrected chi connectivity index (χ1v) is 13.1. The predicted molar refractivity (Wildman–Crippen MR) is 150 cm³/mol. The van der Waals surface area contributed by atoms with Crippen molar-refractivity contribution in [2.24, 2.45) is 0 Å². The number of pyridine rings is 1. The minimum atomic E-state index is -0.552. The highest BCUT2D eigenvalue weighted by molar-refractivity contribution is 5.68. The summed E-state index contributed by atoms with van der Waals surface area (Å²) in [4.78, 5) is 22.4. The average Bonchev–Trinajstić information content (AvgIpc) is 2.92. The maximum absolute atomic E-state index is 15.4. The van der Waals surface area contributed by atoms with Gasteiger partial charge in [0.2, 0.25) is 5.95 Å². The number of methoxy groups -OCH3 is 2. The Hall–Kier alpha value is -4.01. The van der Waals surface area contributed by atoms with Crippen LogP contribution in [0.3, 0.4) is 0 Å². The zero-order chi connectivity index (χ0) is 28.0. The van der Waals surface area contributed by atoms with Crippen molar-refractivity contribution in [2.75, 3.05) is 50.2 Å². The van der Waals surface area contributed by atoms with Crippen LogP contribution in [0.4, 0.5) is 20.7 Å². The highest BCUT2D eigenvalue weighted by atomic mass is 19.1. The van der Waals surface area contributed by atoms with Crippen molar-refractivity contribution in [3.8, 4) is 11.5 Å². The molecule has 1 fully saturated rings. The minimum absolute atomic E-state index is 0.344. The molecule has 8 nitrogen and oxygen atoms in total. The van der Waals surface area contributed by atoms with Gasteiger partial charge in [-0.15, -0.1) is 0 Å². The molecular formula is C30H37FN4O4. The van der Waals surface area contributed by atoms with E-state index in [1.54, 1.807) is 25.2 Å². The molecular weight excluding hydrogens is 499 g/mol. The van der Waals surface area contributed by atoms with Crippen LogP contribution in [0, 0.1) is 5.95 Å². The zero-order valence-electron chi connectivity index (χ0n) is 23.3. The number of halogens is 1. The molecule has 2 aromatic carbocycles. The van der Waals surface area contributed by atoms with Crippen molar-refractivity contribution in [1.29, 1.82) is 0 Å². The van der Waals surface area contributed by atoms with Crippen LogP contribution in [0.5, 0.6) is 11.5 Å². The Labute approximate surface area is 229 Å². The van der Waals surface area contributed by atoms with Gasteiger partial charge in [0, 0.05) is 39.3 Å². The van der Waals surface area contributed by atoms with Crippen LogP contribution < -0.4 is 19.3 Å². The van der Waals surface area contributed by atoms with Crippen LogP contribution in [0.15, 0.2) is 60.7 Å². The van der Waals surface area contributed by atoms with E-state index in [1.807, 2.05) is 85.2 Å². The third-order valence-corrected chi connectivity index (χ3v) is 6.48. The molecule has 0 unspecified atom stereocenters. The van der Waals surface area contributed by atoms with Gasteiger partial charge in [-0.25, -0.2) is 9.78 Å². The Morgan fingerprint density at radius 3 is 1.79 bits per heavy atom. The van der Waals surface area contributed by atoms with E-state index in [0.717, 1.165) is 22.6 Å². The van der Waals surface area contributed by atoms with E-state index in [0.29, 0.717) is 50.8 Å². The maximum Gasteiger partial charge on any atom is 0.410 e. The Morgan fingerprint density at radius 1 is 0.846 bits per heavy atom. The van der Waals surface area contributed by atoms with E-state index in [-0.39, 0.29) is 6.09 Å². The third-order valence-electron chi connectivity index (χ3n) is 6.48. The smallest absolute Gasteiger partial charge is 0.410 e. The van der Waals surface area contributed by atoms with E-state index in [1.165, 1.54) is 0 Å². The van der Waals surface area contributed by atoms with E-state index in [4.69, 9.17) is 14.2 Å². The van der Waals surface area contributed by atoms with Gasteiger partial charge < -0.3 is 28.9 Å². The molecule has 1 aliphatic heterocycles. The topological polar surface area (TPSA) is 67.4 Å². The van der Waals surface area contributed by atoms with Gasteiger partial charge in [0.25, 0.3) is 0 Å². The van der Waals surface area contributed by atoms with Crippen LogP contribution in [0.1, 0.15) is 31.9 Å². The van der Waals surface area contributed by atoms with E-state index in [2.05, 4.69) is 4.98 Å². The summed E-state index contributed by atoms with van der Waals surface area (Å²) in [5.74, 6) is 1.56. The van der Waals surface area contributed by atoms with E-state index >= 15 is 4.39 Å². The number of aromatic nitrogens is 1. The van der Waals surface area contributed by atoms with Gasteiger partial charge in [0.05, 0.1) is 19.9 Å². The summed E-state index contributed by atoms with van der Waals surface area (Å²) < 4.78 is 31.5. The zero-order valence-corrected chi connectivity index (χ0v) is 23.3. The summed E-state index contributed by atoms with van der Waals surface area (Å²) in [5, 5.41) is 0. The molecule has 0 spiro atoms. The molecule has 39 heavy (non-hydrogen) atoms. The van der Waals surface area contributed by atoms with Crippen molar-refractivity contribution < 1.29 is 23.4 Å². The number of rotatable bonds is 8. The molecule has 1 aromatic heterocycles. The molecule has 0 aliphatic carbocycles. The normalized spacial score (nSPS) is 13.7. The standard InChI is InChI=1S/C30H37FN4O4/c1-30(2,3)39-29(36)34-18-16-33(17-19-34)26-14-15-27(32-28(26)31)35(20-22-6-10-24(37-4)11-7-22)21-23-8-12-25(38-5)13-9-23/h6-15H,16-21H2,1-5H3. The van der Waals surface area contributed by atoms with Gasteiger partial charge in [0.1, 0.15) is 22.9 Å². The summed E-state index contributed by atoms with van der Waals surface area (Å²) in [6.45, 7) is 8.52.